The molecule has 3 aliphatic rings. The number of urea groups is 1. The van der Waals surface area contributed by atoms with Crippen LogP contribution in [0, 0.1) is 0 Å². The highest BCUT2D eigenvalue weighted by molar-refractivity contribution is 7.80. The normalized spacial score (nSPS) is 25.7. The Morgan fingerprint density at radius 3 is 2.63 bits per heavy atom. The van der Waals surface area contributed by atoms with E-state index < -0.39 is 34.4 Å². The molecule has 0 aliphatic carbocycles. The zero-order valence-corrected chi connectivity index (χ0v) is 15.1. The van der Waals surface area contributed by atoms with Crippen LogP contribution in [0.25, 0.3) is 0 Å². The van der Waals surface area contributed by atoms with Crippen LogP contribution in [-0.2, 0) is 33.8 Å². The summed E-state index contributed by atoms with van der Waals surface area (Å²) in [5.41, 5.74) is 2.15. The Morgan fingerprint density at radius 2 is 1.96 bits per heavy atom. The molecule has 3 saturated heterocycles. The van der Waals surface area contributed by atoms with Crippen molar-refractivity contribution in [2.24, 2.45) is 0 Å². The Morgan fingerprint density at radius 1 is 1.26 bits per heavy atom. The fraction of sp³-hybridized carbons (Fsp3) is 0.769. The summed E-state index contributed by atoms with van der Waals surface area (Å²) in [6, 6.07) is -2.34. The van der Waals surface area contributed by atoms with Crippen LogP contribution in [0.3, 0.4) is 0 Å². The molecule has 13 nitrogen and oxygen atoms in total. The number of carbonyl (C=O) groups is 3. The molecule has 27 heavy (non-hydrogen) atoms. The first-order chi connectivity index (χ1) is 12.8. The van der Waals surface area contributed by atoms with Gasteiger partial charge >= 0.3 is 16.4 Å². The van der Waals surface area contributed by atoms with Gasteiger partial charge in [0.15, 0.2) is 6.61 Å². The molecule has 152 valence electrons. The predicted octanol–water partition coefficient (Wildman–Crippen LogP) is -2.10. The lowest BCUT2D eigenvalue weighted by Gasteiger charge is -2.29. The van der Waals surface area contributed by atoms with Gasteiger partial charge in [-0.1, -0.05) is 0 Å². The van der Waals surface area contributed by atoms with Crippen molar-refractivity contribution in [1.82, 2.24) is 20.3 Å². The Bertz CT molecular complexity index is 709. The van der Waals surface area contributed by atoms with E-state index in [1.54, 1.807) is 4.90 Å². The summed E-state index contributed by atoms with van der Waals surface area (Å²) >= 11 is 0. The number of amides is 4. The molecule has 3 heterocycles. The maximum atomic E-state index is 12.3. The molecule has 0 spiro atoms. The fourth-order valence-corrected chi connectivity index (χ4v) is 3.63. The third-order valence-electron chi connectivity index (χ3n) is 4.53. The van der Waals surface area contributed by atoms with Gasteiger partial charge in [0.25, 0.3) is 11.8 Å². The number of hydrogen-bond acceptors (Lipinski definition) is 8. The first kappa shape index (κ1) is 19.8. The molecule has 2 atom stereocenters. The average molecular weight is 408 g/mol. The van der Waals surface area contributed by atoms with Crippen molar-refractivity contribution >= 4 is 28.2 Å². The van der Waals surface area contributed by atoms with Crippen LogP contribution >= 0.6 is 0 Å². The van der Waals surface area contributed by atoms with E-state index in [1.807, 2.05) is 0 Å². The second-order valence-corrected chi connectivity index (χ2v) is 7.26. The van der Waals surface area contributed by atoms with Crippen LogP contribution < -0.4 is 5.48 Å². The van der Waals surface area contributed by atoms with Crippen LogP contribution in [-0.4, -0.2) is 97.2 Å². The fourth-order valence-electron chi connectivity index (χ4n) is 3.25. The molecular weight excluding hydrogens is 388 g/mol. The second-order valence-electron chi connectivity index (χ2n) is 6.26. The quantitative estimate of drug-likeness (QED) is 0.371. The van der Waals surface area contributed by atoms with Crippen molar-refractivity contribution < 1.29 is 41.2 Å². The Hall–Kier alpha value is -2.00. The van der Waals surface area contributed by atoms with Gasteiger partial charge in [-0.3, -0.25) is 19.0 Å². The van der Waals surface area contributed by atoms with E-state index in [-0.39, 0.29) is 25.5 Å². The van der Waals surface area contributed by atoms with Gasteiger partial charge < -0.3 is 14.5 Å². The minimum atomic E-state index is -4.85. The summed E-state index contributed by atoms with van der Waals surface area (Å²) in [7, 11) is -4.85. The standard InChI is InChI=1S/C13H20N4O9S/c18-11(15-3-5-24-6-4-15)8-25-14-12(19)10-2-1-9-7-16(10)13(20)17(9)26-27(21,22)23/h9-10H,1-8H2,(H,14,19)(H,21,22,23). The zero-order valence-electron chi connectivity index (χ0n) is 14.3. The van der Waals surface area contributed by atoms with E-state index in [1.165, 1.54) is 0 Å². The van der Waals surface area contributed by atoms with Crippen LogP contribution in [0.2, 0.25) is 0 Å². The predicted molar refractivity (Wildman–Crippen MR) is 84.9 cm³/mol. The molecule has 2 unspecified atom stereocenters. The van der Waals surface area contributed by atoms with Crippen LogP contribution in [0.4, 0.5) is 4.79 Å². The molecular formula is C13H20N4O9S. The van der Waals surface area contributed by atoms with E-state index in [9.17, 15) is 22.8 Å². The van der Waals surface area contributed by atoms with Gasteiger partial charge in [-0.15, -0.1) is 4.28 Å². The summed E-state index contributed by atoms with van der Waals surface area (Å²) < 4.78 is 39.9. The monoisotopic (exact) mass is 408 g/mol. The third kappa shape index (κ3) is 4.65. The number of fused-ring (bicyclic) bond motifs is 2. The van der Waals surface area contributed by atoms with E-state index in [0.717, 1.165) is 4.90 Å². The smallest absolute Gasteiger partial charge is 0.378 e. The number of piperidine rings is 1. The average Bonchev–Trinajstić information content (AvgIpc) is 2.86. The van der Waals surface area contributed by atoms with Crippen molar-refractivity contribution in [3.8, 4) is 0 Å². The van der Waals surface area contributed by atoms with E-state index in [4.69, 9.17) is 14.1 Å². The van der Waals surface area contributed by atoms with Gasteiger partial charge in [-0.25, -0.2) is 10.3 Å². The van der Waals surface area contributed by atoms with Crippen molar-refractivity contribution in [3.63, 3.8) is 0 Å². The largest absolute Gasteiger partial charge is 0.418 e. The highest BCUT2D eigenvalue weighted by Gasteiger charge is 2.49. The molecule has 0 aromatic rings. The number of rotatable bonds is 6. The second kappa shape index (κ2) is 7.93. The van der Waals surface area contributed by atoms with Crippen LogP contribution in [0.15, 0.2) is 0 Å². The Balaban J connectivity index is 1.49. The molecule has 14 heteroatoms. The highest BCUT2D eigenvalue weighted by atomic mass is 32.3. The van der Waals surface area contributed by atoms with Gasteiger partial charge in [0.05, 0.1) is 19.3 Å². The first-order valence-electron chi connectivity index (χ1n) is 8.30. The van der Waals surface area contributed by atoms with Gasteiger partial charge in [-0.2, -0.15) is 13.5 Å². The molecule has 3 aliphatic heterocycles. The lowest BCUT2D eigenvalue weighted by Crippen LogP contribution is -2.50. The van der Waals surface area contributed by atoms with Gasteiger partial charge in [0, 0.05) is 19.6 Å². The summed E-state index contributed by atoms with van der Waals surface area (Å²) in [5.74, 6) is -0.933. The van der Waals surface area contributed by atoms with E-state index in [2.05, 4.69) is 9.76 Å². The van der Waals surface area contributed by atoms with Crippen molar-refractivity contribution in [3.05, 3.63) is 0 Å². The minimum absolute atomic E-state index is 0.0686. The zero-order chi connectivity index (χ0) is 19.6. The Labute approximate surface area is 155 Å². The number of carbonyl (C=O) groups excluding carboxylic acids is 3. The third-order valence-corrected chi connectivity index (χ3v) is 4.88. The SMILES string of the molecule is O=C(NOCC(=O)N1CCOCC1)C1CCC2CN1C(=O)N2OS(=O)(=O)O. The summed E-state index contributed by atoms with van der Waals surface area (Å²) in [6.45, 7) is 1.51. The molecule has 2 bridgehead atoms. The molecule has 3 rings (SSSR count). The van der Waals surface area contributed by atoms with Gasteiger partial charge in [0.1, 0.15) is 6.04 Å². The van der Waals surface area contributed by atoms with E-state index >= 15 is 0 Å². The highest BCUT2D eigenvalue weighted by Crippen LogP contribution is 2.30. The van der Waals surface area contributed by atoms with Gasteiger partial charge in [-0.05, 0) is 12.8 Å². The summed E-state index contributed by atoms with van der Waals surface area (Å²) in [5, 5.41) is 0.547. The molecule has 2 N–H and O–H groups in total. The summed E-state index contributed by atoms with van der Waals surface area (Å²) in [6.07, 6.45) is 0.539. The topological polar surface area (TPSA) is 155 Å². The molecule has 0 radical (unpaired) electrons. The first-order valence-corrected chi connectivity index (χ1v) is 9.67. The van der Waals surface area contributed by atoms with Crippen LogP contribution in [0.1, 0.15) is 12.8 Å². The lowest BCUT2D eigenvalue weighted by atomic mass is 10.0. The molecule has 3 fully saturated rings. The molecule has 0 aromatic carbocycles. The number of ether oxygens (including phenoxy) is 1. The van der Waals surface area contributed by atoms with Crippen molar-refractivity contribution in [1.29, 1.82) is 0 Å². The molecule has 0 aromatic heterocycles. The van der Waals surface area contributed by atoms with Crippen molar-refractivity contribution in [2.45, 2.75) is 24.9 Å². The maximum absolute atomic E-state index is 12.3. The van der Waals surface area contributed by atoms with Gasteiger partial charge in [0.2, 0.25) is 0 Å². The Kier molecular flexibility index (Phi) is 5.81. The minimum Gasteiger partial charge on any atom is -0.378 e. The van der Waals surface area contributed by atoms with E-state index in [0.29, 0.717) is 37.8 Å². The lowest BCUT2D eigenvalue weighted by molar-refractivity contribution is -0.149. The number of hydrogen-bond donors (Lipinski definition) is 2. The number of nitrogens with zero attached hydrogens (tertiary/aromatic N) is 3. The van der Waals surface area contributed by atoms with Crippen molar-refractivity contribution in [2.75, 3.05) is 39.5 Å². The number of morpholine rings is 1. The maximum Gasteiger partial charge on any atom is 0.418 e. The molecule has 4 amide bonds. The molecule has 0 saturated carbocycles. The number of nitrogens with one attached hydrogen (secondary N) is 1. The van der Waals surface area contributed by atoms with Crippen LogP contribution in [0.5, 0.6) is 0 Å². The number of hydroxylamine groups is 3. The summed E-state index contributed by atoms with van der Waals surface area (Å²) in [4.78, 5) is 44.1.